The van der Waals surface area contributed by atoms with Crippen molar-refractivity contribution in [2.75, 3.05) is 0 Å². The molecule has 0 radical (unpaired) electrons. The zero-order valence-corrected chi connectivity index (χ0v) is 26.8. The normalized spacial score (nSPS) is 14.9. The molecule has 3 heteroatoms. The lowest BCUT2D eigenvalue weighted by molar-refractivity contribution is 0.119. The first kappa shape index (κ1) is 27.2. The van der Waals surface area contributed by atoms with Crippen molar-refractivity contribution in [1.82, 2.24) is 0 Å². The summed E-state index contributed by atoms with van der Waals surface area (Å²) < 4.78 is 2.51. The average Bonchev–Trinajstić information content (AvgIpc) is 3.64. The van der Waals surface area contributed by atoms with Crippen LogP contribution in [-0.2, 0) is 11.0 Å². The summed E-state index contributed by atoms with van der Waals surface area (Å²) in [6, 6.07) is 55.6. The van der Waals surface area contributed by atoms with Gasteiger partial charge in [-0.1, -0.05) is 145 Å². The lowest BCUT2D eigenvalue weighted by atomic mass is 9.56. The Morgan fingerprint density at radius 2 is 0.957 bits per heavy atom. The van der Waals surface area contributed by atoms with E-state index in [0.717, 1.165) is 33.4 Å². The second kappa shape index (κ2) is 9.76. The van der Waals surface area contributed by atoms with Gasteiger partial charge in [-0.2, -0.15) is 0 Å². The summed E-state index contributed by atoms with van der Waals surface area (Å²) >= 11 is 9.09. The van der Waals surface area contributed by atoms with Gasteiger partial charge in [-0.15, -0.1) is 11.3 Å². The van der Waals surface area contributed by atoms with E-state index in [1.54, 1.807) is 11.3 Å². The molecule has 1 spiro atoms. The zero-order valence-electron chi connectivity index (χ0n) is 25.2. The molecule has 2 aliphatic carbocycles. The van der Waals surface area contributed by atoms with Crippen molar-refractivity contribution >= 4 is 43.1 Å². The van der Waals surface area contributed by atoms with Crippen LogP contribution in [0.5, 0.6) is 0 Å². The van der Waals surface area contributed by atoms with Crippen molar-refractivity contribution in [3.63, 3.8) is 0 Å². The third-order valence-corrected chi connectivity index (χ3v) is 11.9. The largest absolute Gasteiger partial charge is 0.376 e. The van der Waals surface area contributed by atoms with Crippen LogP contribution >= 0.6 is 22.9 Å². The van der Waals surface area contributed by atoms with Gasteiger partial charge in [-0.05, 0) is 79.9 Å². The number of fused-ring (bicyclic) bond motifs is 12. The molecule has 7 aromatic carbocycles. The molecule has 222 valence electrons. The van der Waals surface area contributed by atoms with Crippen molar-refractivity contribution in [3.05, 3.63) is 202 Å². The monoisotopic (exact) mass is 638 g/mol. The maximum Gasteiger partial charge on any atom is 0.143 e. The predicted octanol–water partition coefficient (Wildman–Crippen LogP) is 11.3. The Kier molecular flexibility index (Phi) is 5.64. The van der Waals surface area contributed by atoms with E-state index in [1.165, 1.54) is 42.4 Å². The lowest BCUT2D eigenvalue weighted by Gasteiger charge is -2.47. The molecule has 2 aliphatic rings. The maximum absolute atomic E-state index is 13.7. The number of hydrogen-bond acceptors (Lipinski definition) is 2. The lowest BCUT2D eigenvalue weighted by Crippen LogP contribution is -2.44. The van der Waals surface area contributed by atoms with Crippen LogP contribution in [0.4, 0.5) is 0 Å². The second-order valence-corrected chi connectivity index (χ2v) is 14.1. The highest BCUT2D eigenvalue weighted by Gasteiger charge is 2.56. The smallest absolute Gasteiger partial charge is 0.143 e. The van der Waals surface area contributed by atoms with Gasteiger partial charge in [0.2, 0.25) is 0 Å². The Labute approximate surface area is 282 Å². The number of halogens is 1. The van der Waals surface area contributed by atoms with E-state index in [1.807, 2.05) is 24.3 Å². The summed E-state index contributed by atoms with van der Waals surface area (Å²) in [6.07, 6.45) is 0. The van der Waals surface area contributed by atoms with Crippen molar-refractivity contribution in [2.45, 2.75) is 11.0 Å². The highest BCUT2D eigenvalue weighted by molar-refractivity contribution is 7.25. The van der Waals surface area contributed by atoms with Gasteiger partial charge in [0.05, 0.1) is 5.41 Å². The van der Waals surface area contributed by atoms with Crippen LogP contribution in [0, 0.1) is 0 Å². The Bertz CT molecular complexity index is 2480. The third kappa shape index (κ3) is 3.42. The molecular weight excluding hydrogens is 612 g/mol. The van der Waals surface area contributed by atoms with E-state index in [9.17, 15) is 5.11 Å². The zero-order chi connectivity index (χ0) is 31.3. The average molecular weight is 639 g/mol. The van der Waals surface area contributed by atoms with Crippen LogP contribution in [0.2, 0.25) is 5.02 Å². The molecule has 0 saturated carbocycles. The molecule has 0 amide bonds. The fourth-order valence-corrected chi connectivity index (χ4v) is 10.0. The number of rotatable bonds is 2. The summed E-state index contributed by atoms with van der Waals surface area (Å²) in [7, 11) is 0. The first-order chi connectivity index (χ1) is 23.1. The molecule has 0 bridgehead atoms. The number of benzene rings is 7. The Hall–Kier alpha value is -4.99. The molecular formula is C44H27ClOS. The van der Waals surface area contributed by atoms with Crippen LogP contribution < -0.4 is 0 Å². The SMILES string of the molecule is OC1(c2c(Cl)cccc2-c2ccc3sc4ccccc4c3c2)c2ccccc2C2(c3ccccc3-c3ccccc32)c2ccccc21. The minimum Gasteiger partial charge on any atom is -0.376 e. The van der Waals surface area contributed by atoms with Gasteiger partial charge in [0.25, 0.3) is 0 Å². The van der Waals surface area contributed by atoms with Crippen LogP contribution in [0.3, 0.4) is 0 Å². The molecule has 47 heavy (non-hydrogen) atoms. The van der Waals surface area contributed by atoms with Crippen LogP contribution in [0.1, 0.15) is 38.9 Å². The molecule has 0 aliphatic heterocycles. The Morgan fingerprint density at radius 1 is 0.447 bits per heavy atom. The molecule has 8 aromatic rings. The molecule has 10 rings (SSSR count). The van der Waals surface area contributed by atoms with Crippen molar-refractivity contribution in [2.24, 2.45) is 0 Å². The molecule has 0 saturated heterocycles. The first-order valence-electron chi connectivity index (χ1n) is 15.9. The van der Waals surface area contributed by atoms with Gasteiger partial charge in [0, 0.05) is 30.8 Å². The molecule has 0 unspecified atom stereocenters. The summed E-state index contributed by atoms with van der Waals surface area (Å²) in [4.78, 5) is 0. The van der Waals surface area contributed by atoms with Gasteiger partial charge < -0.3 is 5.11 Å². The fourth-order valence-electron chi connectivity index (χ4n) is 8.65. The minimum absolute atomic E-state index is 0.535. The van der Waals surface area contributed by atoms with Crippen molar-refractivity contribution in [3.8, 4) is 22.3 Å². The number of hydrogen-bond donors (Lipinski definition) is 1. The van der Waals surface area contributed by atoms with Gasteiger partial charge in [0.1, 0.15) is 5.60 Å². The first-order valence-corrected chi connectivity index (χ1v) is 17.1. The van der Waals surface area contributed by atoms with E-state index >= 15 is 0 Å². The van der Waals surface area contributed by atoms with Crippen LogP contribution in [0.25, 0.3) is 42.4 Å². The van der Waals surface area contributed by atoms with E-state index in [-0.39, 0.29) is 0 Å². The number of aliphatic hydroxyl groups is 1. The number of thiophene rings is 1. The maximum atomic E-state index is 13.7. The van der Waals surface area contributed by atoms with E-state index in [2.05, 4.69) is 133 Å². The third-order valence-electron chi connectivity index (χ3n) is 10.5. The molecule has 1 N–H and O–H groups in total. The van der Waals surface area contributed by atoms with Gasteiger partial charge in [-0.25, -0.2) is 0 Å². The van der Waals surface area contributed by atoms with Crippen molar-refractivity contribution < 1.29 is 5.11 Å². The second-order valence-electron chi connectivity index (χ2n) is 12.6. The van der Waals surface area contributed by atoms with E-state index in [4.69, 9.17) is 11.6 Å². The van der Waals surface area contributed by atoms with Crippen LogP contribution in [0.15, 0.2) is 158 Å². The summed E-state index contributed by atoms with van der Waals surface area (Å²) in [5, 5.41) is 16.7. The summed E-state index contributed by atoms with van der Waals surface area (Å²) in [5.41, 5.74) is 9.30. The van der Waals surface area contributed by atoms with Gasteiger partial charge in [-0.3, -0.25) is 0 Å². The molecule has 1 nitrogen and oxygen atoms in total. The van der Waals surface area contributed by atoms with E-state index in [0.29, 0.717) is 10.6 Å². The molecule has 1 heterocycles. The Balaban J connectivity index is 1.31. The fraction of sp³-hybridized carbons (Fsp3) is 0.0455. The highest BCUT2D eigenvalue weighted by Crippen LogP contribution is 2.63. The molecule has 1 aromatic heterocycles. The van der Waals surface area contributed by atoms with Crippen molar-refractivity contribution in [1.29, 1.82) is 0 Å². The summed E-state index contributed by atoms with van der Waals surface area (Å²) in [6.45, 7) is 0. The van der Waals surface area contributed by atoms with Gasteiger partial charge >= 0.3 is 0 Å². The standard InChI is InChI=1S/C44H27ClOS/c45-39-22-11-15-28(27-24-25-41-32(26-27)31-14-3-10-23-40(31)47-41)42(39)44(46)37-20-8-6-18-35(37)43(36-19-7-9-21-38(36)44)33-16-4-1-12-29(33)30-13-2-5-17-34(30)43/h1-26,46H. The molecule has 0 atom stereocenters. The Morgan fingerprint density at radius 3 is 1.62 bits per heavy atom. The quantitative estimate of drug-likeness (QED) is 0.200. The highest BCUT2D eigenvalue weighted by atomic mass is 35.5. The van der Waals surface area contributed by atoms with Crippen LogP contribution in [-0.4, -0.2) is 5.11 Å². The van der Waals surface area contributed by atoms with E-state index < -0.39 is 11.0 Å². The molecule has 0 fully saturated rings. The summed E-state index contributed by atoms with van der Waals surface area (Å²) in [5.74, 6) is 0. The predicted molar refractivity (Wildman–Crippen MR) is 196 cm³/mol. The van der Waals surface area contributed by atoms with Gasteiger partial charge in [0.15, 0.2) is 0 Å². The topological polar surface area (TPSA) is 20.2 Å². The minimum atomic E-state index is -1.52.